The molecular weight excluding hydrogens is 338 g/mol. The standard InChI is InChI=1S/C14H14BrN3O3/c1-9-14(15)12(18(2)17-9)8-21-11-5-3-10(16-7-11)4-6-13(19)20/h3-7H,8H2,1-2H3,(H,19,20). The van der Waals surface area contributed by atoms with Gasteiger partial charge < -0.3 is 9.84 Å². The van der Waals surface area contributed by atoms with Gasteiger partial charge in [0.2, 0.25) is 0 Å². The normalized spacial score (nSPS) is 11.0. The van der Waals surface area contributed by atoms with Crippen LogP contribution in [0.25, 0.3) is 6.08 Å². The summed E-state index contributed by atoms with van der Waals surface area (Å²) < 4.78 is 8.34. The van der Waals surface area contributed by atoms with Crippen LogP contribution in [-0.2, 0) is 18.4 Å². The fourth-order valence-electron chi connectivity index (χ4n) is 1.72. The van der Waals surface area contributed by atoms with Gasteiger partial charge >= 0.3 is 5.97 Å². The molecule has 2 rings (SSSR count). The number of carboxylic acid groups (broad SMARTS) is 1. The first-order chi connectivity index (χ1) is 9.97. The highest BCUT2D eigenvalue weighted by Crippen LogP contribution is 2.22. The van der Waals surface area contributed by atoms with Crippen molar-refractivity contribution >= 4 is 28.0 Å². The molecule has 2 aromatic rings. The Morgan fingerprint density at radius 2 is 2.29 bits per heavy atom. The van der Waals surface area contributed by atoms with Gasteiger partial charge in [0.15, 0.2) is 0 Å². The Morgan fingerprint density at radius 3 is 2.81 bits per heavy atom. The van der Waals surface area contributed by atoms with E-state index >= 15 is 0 Å². The zero-order valence-corrected chi connectivity index (χ0v) is 13.2. The second kappa shape index (κ2) is 6.53. The summed E-state index contributed by atoms with van der Waals surface area (Å²) in [6, 6.07) is 3.43. The Labute approximate surface area is 130 Å². The molecular formula is C14H14BrN3O3. The number of rotatable bonds is 5. The highest BCUT2D eigenvalue weighted by atomic mass is 79.9. The van der Waals surface area contributed by atoms with Crippen LogP contribution in [0.1, 0.15) is 17.1 Å². The Bertz CT molecular complexity index is 678. The quantitative estimate of drug-likeness (QED) is 0.837. The van der Waals surface area contributed by atoms with Gasteiger partial charge in [0, 0.05) is 13.1 Å². The van der Waals surface area contributed by atoms with Crippen LogP contribution in [0.3, 0.4) is 0 Å². The van der Waals surface area contributed by atoms with Crippen molar-refractivity contribution in [1.82, 2.24) is 14.8 Å². The maximum atomic E-state index is 10.4. The lowest BCUT2D eigenvalue weighted by atomic mass is 10.3. The lowest BCUT2D eigenvalue weighted by Crippen LogP contribution is -2.03. The van der Waals surface area contributed by atoms with E-state index in [4.69, 9.17) is 9.84 Å². The summed E-state index contributed by atoms with van der Waals surface area (Å²) >= 11 is 3.48. The third-order valence-corrected chi connectivity index (χ3v) is 3.82. The number of carbonyl (C=O) groups is 1. The van der Waals surface area contributed by atoms with Gasteiger partial charge in [-0.2, -0.15) is 5.10 Å². The van der Waals surface area contributed by atoms with E-state index in [1.54, 1.807) is 23.0 Å². The Balaban J connectivity index is 2.02. The first kappa shape index (κ1) is 15.2. The number of hydrogen-bond donors (Lipinski definition) is 1. The van der Waals surface area contributed by atoms with Crippen molar-refractivity contribution in [2.75, 3.05) is 0 Å². The van der Waals surface area contributed by atoms with Crippen molar-refractivity contribution in [3.63, 3.8) is 0 Å². The molecule has 0 spiro atoms. The molecule has 0 atom stereocenters. The second-order valence-electron chi connectivity index (χ2n) is 4.35. The summed E-state index contributed by atoms with van der Waals surface area (Å²) in [5.74, 6) is -0.401. The van der Waals surface area contributed by atoms with Gasteiger partial charge in [-0.1, -0.05) is 0 Å². The number of halogens is 1. The lowest BCUT2D eigenvalue weighted by Gasteiger charge is -2.07. The fraction of sp³-hybridized carbons (Fsp3) is 0.214. The summed E-state index contributed by atoms with van der Waals surface area (Å²) in [5.41, 5.74) is 2.40. The molecule has 21 heavy (non-hydrogen) atoms. The van der Waals surface area contributed by atoms with Gasteiger partial charge in [-0.15, -0.1) is 0 Å². The minimum atomic E-state index is -1.01. The Hall–Kier alpha value is -2.15. The molecule has 0 radical (unpaired) electrons. The van der Waals surface area contributed by atoms with Gasteiger partial charge in [0.1, 0.15) is 12.4 Å². The first-order valence-electron chi connectivity index (χ1n) is 6.15. The van der Waals surface area contributed by atoms with E-state index in [2.05, 4.69) is 26.0 Å². The van der Waals surface area contributed by atoms with Crippen molar-refractivity contribution in [2.24, 2.45) is 7.05 Å². The van der Waals surface area contributed by atoms with Gasteiger partial charge in [-0.3, -0.25) is 9.67 Å². The monoisotopic (exact) mass is 351 g/mol. The number of aliphatic carboxylic acids is 1. The third-order valence-electron chi connectivity index (χ3n) is 2.79. The smallest absolute Gasteiger partial charge is 0.328 e. The third kappa shape index (κ3) is 3.91. The van der Waals surface area contributed by atoms with E-state index < -0.39 is 5.97 Å². The summed E-state index contributed by atoms with van der Waals surface area (Å²) in [4.78, 5) is 14.5. The average Bonchev–Trinajstić information content (AvgIpc) is 2.69. The maximum absolute atomic E-state index is 10.4. The molecule has 0 aliphatic rings. The van der Waals surface area contributed by atoms with Crippen molar-refractivity contribution in [3.8, 4) is 5.75 Å². The van der Waals surface area contributed by atoms with E-state index in [0.29, 0.717) is 18.1 Å². The molecule has 0 saturated heterocycles. The number of nitrogens with zero attached hydrogens (tertiary/aromatic N) is 3. The number of ether oxygens (including phenoxy) is 1. The summed E-state index contributed by atoms with van der Waals surface area (Å²) in [6.45, 7) is 2.28. The summed E-state index contributed by atoms with van der Waals surface area (Å²) in [5, 5.41) is 12.8. The zero-order valence-electron chi connectivity index (χ0n) is 11.6. The topological polar surface area (TPSA) is 77.2 Å². The van der Waals surface area contributed by atoms with Crippen molar-refractivity contribution in [3.05, 3.63) is 46.0 Å². The SMILES string of the molecule is Cc1nn(C)c(COc2ccc(C=CC(=O)O)nc2)c1Br. The molecule has 1 N–H and O–H groups in total. The number of hydrogen-bond acceptors (Lipinski definition) is 4. The van der Waals surface area contributed by atoms with E-state index in [1.807, 2.05) is 14.0 Å². The highest BCUT2D eigenvalue weighted by Gasteiger charge is 2.11. The molecule has 0 aromatic carbocycles. The summed E-state index contributed by atoms with van der Waals surface area (Å²) in [7, 11) is 1.86. The number of pyridine rings is 1. The predicted molar refractivity (Wildman–Crippen MR) is 80.9 cm³/mol. The molecule has 7 heteroatoms. The van der Waals surface area contributed by atoms with Crippen LogP contribution in [0.5, 0.6) is 5.75 Å². The lowest BCUT2D eigenvalue weighted by molar-refractivity contribution is -0.131. The fourth-order valence-corrected chi connectivity index (χ4v) is 2.17. The molecule has 0 aliphatic heterocycles. The minimum absolute atomic E-state index is 0.365. The second-order valence-corrected chi connectivity index (χ2v) is 5.14. The number of carboxylic acids is 1. The van der Waals surface area contributed by atoms with Crippen LogP contribution in [-0.4, -0.2) is 25.8 Å². The minimum Gasteiger partial charge on any atom is -0.486 e. The predicted octanol–water partition coefficient (Wildman–Crippen LogP) is 2.56. The molecule has 0 saturated carbocycles. The average molecular weight is 352 g/mol. The molecule has 0 bridgehead atoms. The van der Waals surface area contributed by atoms with E-state index in [0.717, 1.165) is 21.9 Å². The largest absolute Gasteiger partial charge is 0.486 e. The molecule has 0 unspecified atom stereocenters. The zero-order chi connectivity index (χ0) is 15.4. The van der Waals surface area contributed by atoms with Crippen molar-refractivity contribution in [2.45, 2.75) is 13.5 Å². The van der Waals surface area contributed by atoms with E-state index in [9.17, 15) is 4.79 Å². The molecule has 110 valence electrons. The molecule has 0 fully saturated rings. The molecule has 0 amide bonds. The number of aryl methyl sites for hydroxylation is 2. The number of aromatic nitrogens is 3. The van der Waals surface area contributed by atoms with Crippen LogP contribution in [0.15, 0.2) is 28.9 Å². The van der Waals surface area contributed by atoms with Crippen LogP contribution in [0, 0.1) is 6.92 Å². The molecule has 6 nitrogen and oxygen atoms in total. The molecule has 0 aliphatic carbocycles. The van der Waals surface area contributed by atoms with Crippen LogP contribution in [0.4, 0.5) is 0 Å². The summed E-state index contributed by atoms with van der Waals surface area (Å²) in [6.07, 6.45) is 4.02. The van der Waals surface area contributed by atoms with Crippen LogP contribution in [0.2, 0.25) is 0 Å². The van der Waals surface area contributed by atoms with E-state index in [1.165, 1.54) is 6.08 Å². The van der Waals surface area contributed by atoms with Gasteiger partial charge in [0.25, 0.3) is 0 Å². The first-order valence-corrected chi connectivity index (χ1v) is 6.94. The van der Waals surface area contributed by atoms with Crippen molar-refractivity contribution < 1.29 is 14.6 Å². The van der Waals surface area contributed by atoms with Crippen LogP contribution >= 0.6 is 15.9 Å². The molecule has 2 aromatic heterocycles. The maximum Gasteiger partial charge on any atom is 0.328 e. The van der Waals surface area contributed by atoms with Crippen LogP contribution < -0.4 is 4.74 Å². The highest BCUT2D eigenvalue weighted by molar-refractivity contribution is 9.10. The Morgan fingerprint density at radius 1 is 1.52 bits per heavy atom. The van der Waals surface area contributed by atoms with Gasteiger partial charge in [0.05, 0.1) is 27.8 Å². The van der Waals surface area contributed by atoms with Crippen molar-refractivity contribution in [1.29, 1.82) is 0 Å². The van der Waals surface area contributed by atoms with Gasteiger partial charge in [-0.25, -0.2) is 4.79 Å². The van der Waals surface area contributed by atoms with Gasteiger partial charge in [-0.05, 0) is 41.1 Å². The Kier molecular flexibility index (Phi) is 4.74. The van der Waals surface area contributed by atoms with E-state index in [-0.39, 0.29) is 0 Å². The molecule has 2 heterocycles.